The van der Waals surface area contributed by atoms with Crippen molar-refractivity contribution in [3.8, 4) is 5.75 Å². The third-order valence-electron chi connectivity index (χ3n) is 11.4. The number of benzene rings is 1. The van der Waals surface area contributed by atoms with Gasteiger partial charge in [-0.25, -0.2) is 0 Å². The summed E-state index contributed by atoms with van der Waals surface area (Å²) in [5.41, 5.74) is 6.01. The van der Waals surface area contributed by atoms with Crippen molar-refractivity contribution in [2.24, 2.45) is 17.6 Å². The molecule has 72 heavy (non-hydrogen) atoms. The van der Waals surface area contributed by atoms with Crippen molar-refractivity contribution >= 4 is 76.9 Å². The predicted octanol–water partition coefficient (Wildman–Crippen LogP) is -2.80. The zero-order valence-electron chi connectivity index (χ0n) is 41.8. The van der Waals surface area contributed by atoms with Crippen LogP contribution in [0.25, 0.3) is 0 Å². The minimum absolute atomic E-state index is 0.0879. The predicted molar refractivity (Wildman–Crippen MR) is 261 cm³/mol. The Balaban J connectivity index is 2.29. The molecular formula is C46H72N10O15S. The number of nitrogens with one attached hydrogen (secondary N) is 8. The summed E-state index contributed by atoms with van der Waals surface area (Å²) < 4.78 is 0. The number of aromatic hydroxyl groups is 1. The fraction of sp³-hybridized carbons (Fsp3) is 0.630. The number of amides is 9. The summed E-state index contributed by atoms with van der Waals surface area (Å²) in [5, 5.41) is 58.1. The van der Waals surface area contributed by atoms with Crippen LogP contribution in [0, 0.1) is 11.8 Å². The van der Waals surface area contributed by atoms with Gasteiger partial charge in [0.2, 0.25) is 53.2 Å². The lowest BCUT2D eigenvalue weighted by Gasteiger charge is -2.30. The Morgan fingerprint density at radius 3 is 1.75 bits per heavy atom. The maximum Gasteiger partial charge on any atom is 0.325 e. The summed E-state index contributed by atoms with van der Waals surface area (Å²) in [5.74, 6) is -10.9. The molecule has 0 bridgehead atoms. The highest BCUT2D eigenvalue weighted by Gasteiger charge is 2.40. The summed E-state index contributed by atoms with van der Waals surface area (Å²) in [4.78, 5) is 146. The second-order valence-corrected chi connectivity index (χ2v) is 19.4. The fourth-order valence-electron chi connectivity index (χ4n) is 7.30. The Bertz CT molecular complexity index is 2090. The van der Waals surface area contributed by atoms with Gasteiger partial charge in [-0.05, 0) is 88.0 Å². The van der Waals surface area contributed by atoms with Crippen molar-refractivity contribution in [2.45, 2.75) is 147 Å². The lowest BCUT2D eigenvalue weighted by Crippen LogP contribution is -2.61. The van der Waals surface area contributed by atoms with E-state index in [0.717, 1.165) is 6.92 Å². The molecule has 1 saturated heterocycles. The second-order valence-electron chi connectivity index (χ2n) is 18.4. The Kier molecular flexibility index (Phi) is 25.4. The smallest absolute Gasteiger partial charge is 0.325 e. The number of aliphatic hydroxyl groups is 1. The first-order valence-electron chi connectivity index (χ1n) is 23.5. The second kappa shape index (κ2) is 29.7. The third-order valence-corrected chi connectivity index (χ3v) is 12.0. The van der Waals surface area contributed by atoms with E-state index >= 15 is 0 Å². The fourth-order valence-corrected chi connectivity index (χ4v) is 7.77. The topological polar surface area (TPSA) is 394 Å². The minimum atomic E-state index is -1.78. The van der Waals surface area contributed by atoms with E-state index in [1.807, 2.05) is 0 Å². The summed E-state index contributed by atoms with van der Waals surface area (Å²) in [6.07, 6.45) is 1.44. The van der Waals surface area contributed by atoms with Crippen LogP contribution in [0.3, 0.4) is 0 Å². The van der Waals surface area contributed by atoms with Crippen LogP contribution in [-0.2, 0) is 59.2 Å². The molecular weight excluding hydrogens is 965 g/mol. The standard InChI is InChI=1S/C46H72N10O15S/c1-22(2)18-30(52-39(63)29(15-17-72-8)50-43(67)34-10-9-16-56(34)45(69)33(21-57)54-37(61)24(5)47)42(66)55-36(23(3)4)44(68)48-25(6)38(62)51-31(19-27-11-13-28(58)14-12-27)41(65)53-32(20-35(59)60)40(64)49-26(7)46(70)71/h11-14,22-26,29-34,36,57-58H,9-10,15-21,47H2,1-8H3,(H,48,68)(H,49,64)(H,50,67)(H,51,62)(H,52,63)(H,53,65)(H,54,61)(H,55,66)(H,59,60)(H,70,71)/t24-,25-,26-,29-,30-,31-,32-,33-,34-,36-/m0/s1. The SMILES string of the molecule is CSCC[C@H](NC(=O)[C@@H]1CCCN1C(=O)[C@H](CO)NC(=O)[C@H](C)N)C(=O)N[C@@H](CC(C)C)C(=O)N[C@H](C(=O)N[C@@H](C)C(=O)N[C@@H](Cc1ccc(O)cc1)C(=O)N[C@@H](CC(=O)O)C(=O)N[C@@H](C)C(=O)O)C(C)C. The highest BCUT2D eigenvalue weighted by Crippen LogP contribution is 2.20. The molecule has 0 aliphatic carbocycles. The normalized spacial score (nSPS) is 17.1. The van der Waals surface area contributed by atoms with E-state index < -0.39 is 144 Å². The number of phenols is 1. The zero-order chi connectivity index (χ0) is 54.6. The van der Waals surface area contributed by atoms with Gasteiger partial charge in [0, 0.05) is 13.0 Å². The zero-order valence-corrected chi connectivity index (χ0v) is 42.6. The van der Waals surface area contributed by atoms with Crippen LogP contribution in [0.4, 0.5) is 0 Å². The van der Waals surface area contributed by atoms with E-state index in [9.17, 15) is 73.2 Å². The molecule has 9 amide bonds. The Hall–Kier alpha value is -6.54. The van der Waals surface area contributed by atoms with Crippen molar-refractivity contribution in [1.82, 2.24) is 47.4 Å². The molecule has 1 aliphatic heterocycles. The number of carboxylic acid groups (broad SMARTS) is 2. The van der Waals surface area contributed by atoms with Gasteiger partial charge in [0.25, 0.3) is 0 Å². The summed E-state index contributed by atoms with van der Waals surface area (Å²) in [7, 11) is 0. The van der Waals surface area contributed by atoms with E-state index in [1.165, 1.54) is 54.8 Å². The molecule has 14 N–H and O–H groups in total. The van der Waals surface area contributed by atoms with Crippen LogP contribution in [-0.4, -0.2) is 176 Å². The van der Waals surface area contributed by atoms with Crippen LogP contribution < -0.4 is 48.3 Å². The molecule has 2 rings (SSSR count). The number of nitrogens with zero attached hydrogens (tertiary/aromatic N) is 1. The molecule has 0 unspecified atom stereocenters. The number of nitrogens with two attached hydrogens (primary N) is 1. The molecule has 402 valence electrons. The van der Waals surface area contributed by atoms with Gasteiger partial charge in [-0.15, -0.1) is 0 Å². The first-order chi connectivity index (χ1) is 33.7. The van der Waals surface area contributed by atoms with E-state index in [-0.39, 0.29) is 43.9 Å². The number of phenolic OH excluding ortho intramolecular Hbond substituents is 1. The molecule has 1 aliphatic rings. The highest BCUT2D eigenvalue weighted by atomic mass is 32.2. The van der Waals surface area contributed by atoms with Crippen molar-refractivity contribution in [1.29, 1.82) is 0 Å². The summed E-state index contributed by atoms with van der Waals surface area (Å²) in [6, 6.07) is -7.72. The van der Waals surface area contributed by atoms with Crippen LogP contribution >= 0.6 is 11.8 Å². The summed E-state index contributed by atoms with van der Waals surface area (Å²) >= 11 is 1.39. The molecule has 1 fully saturated rings. The molecule has 1 aromatic carbocycles. The maximum absolute atomic E-state index is 14.0. The summed E-state index contributed by atoms with van der Waals surface area (Å²) in [6.45, 7) is 10.0. The maximum atomic E-state index is 14.0. The van der Waals surface area contributed by atoms with E-state index in [0.29, 0.717) is 17.7 Å². The van der Waals surface area contributed by atoms with Crippen LogP contribution in [0.15, 0.2) is 24.3 Å². The monoisotopic (exact) mass is 1040 g/mol. The van der Waals surface area contributed by atoms with Crippen LogP contribution in [0.1, 0.15) is 86.1 Å². The molecule has 0 aromatic heterocycles. The number of aliphatic hydroxyl groups excluding tert-OH is 1. The van der Waals surface area contributed by atoms with E-state index in [1.54, 1.807) is 34.0 Å². The van der Waals surface area contributed by atoms with Gasteiger partial charge in [0.05, 0.1) is 19.1 Å². The van der Waals surface area contributed by atoms with E-state index in [2.05, 4.69) is 42.5 Å². The molecule has 0 radical (unpaired) electrons. The first-order valence-corrected chi connectivity index (χ1v) is 24.9. The van der Waals surface area contributed by atoms with Crippen molar-refractivity contribution < 1.29 is 73.2 Å². The number of hydrogen-bond donors (Lipinski definition) is 13. The number of carboxylic acids is 2. The lowest BCUT2D eigenvalue weighted by atomic mass is 9.99. The number of thioether (sulfide) groups is 1. The average Bonchev–Trinajstić information content (AvgIpc) is 3.80. The Labute approximate surface area is 422 Å². The van der Waals surface area contributed by atoms with Crippen molar-refractivity contribution in [3.63, 3.8) is 0 Å². The Morgan fingerprint density at radius 1 is 0.667 bits per heavy atom. The highest BCUT2D eigenvalue weighted by molar-refractivity contribution is 7.98. The van der Waals surface area contributed by atoms with Gasteiger partial charge in [-0.1, -0.05) is 39.8 Å². The van der Waals surface area contributed by atoms with Gasteiger partial charge in [-0.2, -0.15) is 11.8 Å². The molecule has 1 heterocycles. The third kappa shape index (κ3) is 19.9. The quantitative estimate of drug-likeness (QED) is 0.0385. The number of hydrogen-bond acceptors (Lipinski definition) is 15. The lowest BCUT2D eigenvalue weighted by molar-refractivity contribution is -0.143. The van der Waals surface area contributed by atoms with Gasteiger partial charge < -0.3 is 73.6 Å². The molecule has 10 atom stereocenters. The van der Waals surface area contributed by atoms with Crippen LogP contribution in [0.2, 0.25) is 0 Å². The largest absolute Gasteiger partial charge is 0.508 e. The number of likely N-dealkylation sites (tertiary alicyclic amines) is 1. The van der Waals surface area contributed by atoms with Crippen molar-refractivity contribution in [3.05, 3.63) is 29.8 Å². The van der Waals surface area contributed by atoms with Gasteiger partial charge in [-0.3, -0.25) is 52.7 Å². The minimum Gasteiger partial charge on any atom is -0.508 e. The molecule has 0 spiro atoms. The number of carbonyl (C=O) groups is 11. The number of carbonyl (C=O) groups excluding carboxylic acids is 9. The average molecular weight is 1040 g/mol. The van der Waals surface area contributed by atoms with Gasteiger partial charge in [0.15, 0.2) is 0 Å². The molecule has 0 saturated carbocycles. The number of aliphatic carboxylic acids is 2. The first kappa shape index (κ1) is 61.6. The van der Waals surface area contributed by atoms with Gasteiger partial charge >= 0.3 is 11.9 Å². The van der Waals surface area contributed by atoms with Crippen LogP contribution in [0.5, 0.6) is 5.75 Å². The Morgan fingerprint density at radius 2 is 1.21 bits per heavy atom. The number of rotatable bonds is 29. The van der Waals surface area contributed by atoms with E-state index in [4.69, 9.17) is 5.73 Å². The molecule has 1 aromatic rings. The van der Waals surface area contributed by atoms with Gasteiger partial charge in [0.1, 0.15) is 60.1 Å². The molecule has 26 heteroatoms. The van der Waals surface area contributed by atoms with Crippen molar-refractivity contribution in [2.75, 3.05) is 25.2 Å². The molecule has 25 nitrogen and oxygen atoms in total.